The second-order valence-electron chi connectivity index (χ2n) is 5.22. The lowest BCUT2D eigenvalue weighted by Gasteiger charge is -2.30. The minimum absolute atomic E-state index is 0. The largest absolute Gasteiger partial charge is 0.455 e. The Morgan fingerprint density at radius 1 is 1.32 bits per heavy atom. The van der Waals surface area contributed by atoms with Crippen LogP contribution in [0.25, 0.3) is 0 Å². The smallest absolute Gasteiger partial charge is 0.288 e. The average Bonchev–Trinajstić information content (AvgIpc) is 2.77. The first-order valence-corrected chi connectivity index (χ1v) is 6.76. The van der Waals surface area contributed by atoms with Gasteiger partial charge in [-0.15, -0.1) is 12.4 Å². The monoisotopic (exact) mass is 280 g/mol. The lowest BCUT2D eigenvalue weighted by Crippen LogP contribution is -2.38. The van der Waals surface area contributed by atoms with Crippen molar-refractivity contribution in [2.75, 3.05) is 13.6 Å². The minimum Gasteiger partial charge on any atom is -0.455 e. The van der Waals surface area contributed by atoms with Crippen LogP contribution in [0.3, 0.4) is 0 Å². The van der Waals surface area contributed by atoms with E-state index in [1.165, 1.54) is 30.4 Å². The molecule has 4 heteroatoms. The number of halogens is 1. The quantitative estimate of drug-likeness (QED) is 0.788. The molecule has 0 aromatic heterocycles. The maximum Gasteiger partial charge on any atom is 0.288 e. The number of amidine groups is 1. The Kier molecular flexibility index (Phi) is 4.35. The fraction of sp³-hybridized carbons (Fsp3) is 0.533. The van der Waals surface area contributed by atoms with Gasteiger partial charge in [0, 0.05) is 13.6 Å². The first-order valence-electron chi connectivity index (χ1n) is 6.76. The van der Waals surface area contributed by atoms with Crippen LogP contribution in [0, 0.1) is 6.92 Å². The zero-order valence-electron chi connectivity index (χ0n) is 11.5. The topological polar surface area (TPSA) is 24.8 Å². The highest BCUT2D eigenvalue weighted by molar-refractivity contribution is 5.85. The van der Waals surface area contributed by atoms with E-state index in [4.69, 9.17) is 4.74 Å². The van der Waals surface area contributed by atoms with E-state index in [9.17, 15) is 0 Å². The highest BCUT2D eigenvalue weighted by atomic mass is 35.5. The molecule has 0 bridgehead atoms. The van der Waals surface area contributed by atoms with E-state index in [0.29, 0.717) is 6.04 Å². The molecule has 2 saturated heterocycles. The highest BCUT2D eigenvalue weighted by Crippen LogP contribution is 2.37. The fourth-order valence-corrected chi connectivity index (χ4v) is 3.09. The summed E-state index contributed by atoms with van der Waals surface area (Å²) in [5.41, 5.74) is 2.57. The van der Waals surface area contributed by atoms with E-state index in [-0.39, 0.29) is 18.5 Å². The number of hydrogen-bond donors (Lipinski definition) is 0. The third-order valence-corrected chi connectivity index (χ3v) is 3.94. The molecule has 3 nitrogen and oxygen atoms in total. The van der Waals surface area contributed by atoms with Gasteiger partial charge >= 0.3 is 0 Å². The molecular formula is C15H21ClN2O. The number of nitrogens with zero attached hydrogens (tertiary/aromatic N) is 2. The Balaban J connectivity index is 0.00000133. The molecule has 2 heterocycles. The van der Waals surface area contributed by atoms with E-state index in [0.717, 1.165) is 12.6 Å². The maximum atomic E-state index is 6.07. The van der Waals surface area contributed by atoms with Crippen molar-refractivity contribution in [1.82, 2.24) is 4.90 Å². The molecule has 2 fully saturated rings. The van der Waals surface area contributed by atoms with Crippen molar-refractivity contribution >= 4 is 18.4 Å². The molecule has 1 aromatic rings. The first-order chi connectivity index (χ1) is 8.79. The molecule has 0 amide bonds. The zero-order chi connectivity index (χ0) is 12.5. The summed E-state index contributed by atoms with van der Waals surface area (Å²) in [5, 5.41) is 0. The van der Waals surface area contributed by atoms with Gasteiger partial charge in [0.05, 0.1) is 6.04 Å². The first kappa shape index (κ1) is 14.2. The van der Waals surface area contributed by atoms with Crippen LogP contribution in [0.4, 0.5) is 0 Å². The number of benzene rings is 1. The van der Waals surface area contributed by atoms with Crippen LogP contribution >= 0.6 is 12.4 Å². The zero-order valence-corrected chi connectivity index (χ0v) is 12.3. The van der Waals surface area contributed by atoms with E-state index in [1.54, 1.807) is 0 Å². The molecular weight excluding hydrogens is 260 g/mol. The molecule has 2 aliphatic rings. The molecule has 0 unspecified atom stereocenters. The molecule has 0 N–H and O–H groups in total. The summed E-state index contributed by atoms with van der Waals surface area (Å²) in [4.78, 5) is 6.63. The normalized spacial score (nSPS) is 27.7. The number of fused-ring (bicyclic) bond motifs is 1. The molecule has 0 radical (unpaired) electrons. The maximum absolute atomic E-state index is 6.07. The van der Waals surface area contributed by atoms with Crippen molar-refractivity contribution in [1.29, 1.82) is 0 Å². The van der Waals surface area contributed by atoms with Crippen molar-refractivity contribution in [3.05, 3.63) is 35.4 Å². The second-order valence-corrected chi connectivity index (χ2v) is 5.22. The molecule has 0 spiro atoms. The summed E-state index contributed by atoms with van der Waals surface area (Å²) in [7, 11) is 1.82. The van der Waals surface area contributed by atoms with Gasteiger partial charge in [-0.2, -0.15) is 0 Å². The lowest BCUT2D eigenvalue weighted by molar-refractivity contribution is 0.168. The standard InChI is InChI=1S/C15H20N2O.ClH/c1-11-6-5-7-12(10-11)14-13-8-3-4-9-17(13)15(16-2)18-14;/h5-7,10,13-14H,3-4,8-9H2,1-2H3;1H/t13-,14-;/m1./s1. The Morgan fingerprint density at radius 2 is 2.16 bits per heavy atom. The van der Waals surface area contributed by atoms with Gasteiger partial charge in [0.25, 0.3) is 6.02 Å². The fourth-order valence-electron chi connectivity index (χ4n) is 3.09. The predicted octanol–water partition coefficient (Wildman–Crippen LogP) is 3.33. The number of aryl methyl sites for hydroxylation is 1. The second kappa shape index (κ2) is 5.83. The Morgan fingerprint density at radius 3 is 2.89 bits per heavy atom. The van der Waals surface area contributed by atoms with Gasteiger partial charge in [0.2, 0.25) is 0 Å². The number of ether oxygens (including phenoxy) is 1. The summed E-state index contributed by atoms with van der Waals surface area (Å²) >= 11 is 0. The average molecular weight is 281 g/mol. The van der Waals surface area contributed by atoms with Crippen molar-refractivity contribution in [2.24, 2.45) is 4.99 Å². The van der Waals surface area contributed by atoms with E-state index >= 15 is 0 Å². The summed E-state index contributed by atoms with van der Waals surface area (Å²) in [5.74, 6) is 0. The van der Waals surface area contributed by atoms with Gasteiger partial charge in [-0.1, -0.05) is 29.8 Å². The Labute approximate surface area is 121 Å². The number of aliphatic imine (C=N–C) groups is 1. The van der Waals surface area contributed by atoms with Gasteiger partial charge < -0.3 is 9.64 Å². The molecule has 0 saturated carbocycles. The van der Waals surface area contributed by atoms with E-state index in [1.807, 2.05) is 7.05 Å². The van der Waals surface area contributed by atoms with Crippen LogP contribution in [0.2, 0.25) is 0 Å². The van der Waals surface area contributed by atoms with E-state index < -0.39 is 0 Å². The van der Waals surface area contributed by atoms with Crippen LogP contribution in [0.15, 0.2) is 29.3 Å². The van der Waals surface area contributed by atoms with Gasteiger partial charge in [0.1, 0.15) is 6.10 Å². The summed E-state index contributed by atoms with van der Waals surface area (Å²) in [6, 6.07) is 9.94. The van der Waals surface area contributed by atoms with Crippen molar-refractivity contribution in [3.8, 4) is 0 Å². The molecule has 104 valence electrons. The summed E-state index contributed by atoms with van der Waals surface area (Å²) < 4.78 is 6.07. The summed E-state index contributed by atoms with van der Waals surface area (Å²) in [6.07, 6.45) is 3.91. The van der Waals surface area contributed by atoms with Gasteiger partial charge in [-0.3, -0.25) is 0 Å². The Bertz CT molecular complexity index is 475. The van der Waals surface area contributed by atoms with Crippen LogP contribution in [-0.2, 0) is 4.74 Å². The number of hydrogen-bond acceptors (Lipinski definition) is 2. The van der Waals surface area contributed by atoms with Gasteiger partial charge in [-0.05, 0) is 31.7 Å². The van der Waals surface area contributed by atoms with Crippen molar-refractivity contribution in [3.63, 3.8) is 0 Å². The molecule has 3 rings (SSSR count). The summed E-state index contributed by atoms with van der Waals surface area (Å²) in [6.45, 7) is 3.21. The van der Waals surface area contributed by atoms with Crippen LogP contribution < -0.4 is 0 Å². The van der Waals surface area contributed by atoms with Crippen molar-refractivity contribution in [2.45, 2.75) is 38.3 Å². The van der Waals surface area contributed by atoms with Crippen LogP contribution in [0.5, 0.6) is 0 Å². The molecule has 0 aliphatic carbocycles. The van der Waals surface area contributed by atoms with Crippen LogP contribution in [-0.4, -0.2) is 30.6 Å². The third kappa shape index (κ3) is 2.57. The third-order valence-electron chi connectivity index (χ3n) is 3.94. The van der Waals surface area contributed by atoms with E-state index in [2.05, 4.69) is 41.1 Å². The highest BCUT2D eigenvalue weighted by Gasteiger charge is 2.41. The van der Waals surface area contributed by atoms with Crippen LogP contribution in [0.1, 0.15) is 36.5 Å². The molecule has 2 atom stereocenters. The van der Waals surface area contributed by atoms with Crippen molar-refractivity contribution < 1.29 is 4.74 Å². The van der Waals surface area contributed by atoms with Gasteiger partial charge in [-0.25, -0.2) is 4.99 Å². The Hall–Kier alpha value is -1.22. The molecule has 19 heavy (non-hydrogen) atoms. The minimum atomic E-state index is 0. The number of piperidine rings is 1. The lowest BCUT2D eigenvalue weighted by atomic mass is 9.94. The number of rotatable bonds is 1. The molecule has 1 aromatic carbocycles. The predicted molar refractivity (Wildman–Crippen MR) is 80.0 cm³/mol. The SMILES string of the molecule is CN=C1O[C@H](c2cccc(C)c2)[C@H]2CCCCN12.Cl. The van der Waals surface area contributed by atoms with Gasteiger partial charge in [0.15, 0.2) is 0 Å². The molecule has 2 aliphatic heterocycles.